The molecule has 0 radical (unpaired) electrons. The number of hydrogen-bond donors (Lipinski definition) is 0. The summed E-state index contributed by atoms with van der Waals surface area (Å²) >= 11 is 1.87. The second-order valence-electron chi connectivity index (χ2n) is 6.48. The molecule has 2 nitrogen and oxygen atoms in total. The molecule has 4 rings (SSSR count). The first-order valence-electron chi connectivity index (χ1n) is 8.04. The molecule has 0 aliphatic carbocycles. The van der Waals surface area contributed by atoms with E-state index in [9.17, 15) is 0 Å². The zero-order valence-electron chi connectivity index (χ0n) is 13.5. The van der Waals surface area contributed by atoms with Gasteiger partial charge in [-0.2, -0.15) is 0 Å². The number of benzene rings is 2. The largest absolute Gasteiger partial charge is 0.371 e. The summed E-state index contributed by atoms with van der Waals surface area (Å²) in [6.45, 7) is 1.71. The van der Waals surface area contributed by atoms with Crippen molar-refractivity contribution in [3.05, 3.63) is 69.9 Å². The summed E-state index contributed by atoms with van der Waals surface area (Å²) in [5.41, 5.74) is 2.73. The zero-order valence-corrected chi connectivity index (χ0v) is 14.3. The average molecular weight is 323 g/mol. The third kappa shape index (κ3) is 2.80. The maximum atomic E-state index is 6.22. The molecule has 2 heterocycles. The molecule has 118 valence electrons. The van der Waals surface area contributed by atoms with E-state index in [-0.39, 0.29) is 6.10 Å². The van der Waals surface area contributed by atoms with Crippen LogP contribution in [0.3, 0.4) is 0 Å². The predicted molar refractivity (Wildman–Crippen MR) is 97.4 cm³/mol. The van der Waals surface area contributed by atoms with Crippen LogP contribution in [0.2, 0.25) is 0 Å². The van der Waals surface area contributed by atoms with E-state index in [0.29, 0.717) is 5.92 Å². The van der Waals surface area contributed by atoms with E-state index in [2.05, 4.69) is 72.9 Å². The molecule has 0 fully saturated rings. The van der Waals surface area contributed by atoms with E-state index in [1.165, 1.54) is 26.8 Å². The molecule has 23 heavy (non-hydrogen) atoms. The van der Waals surface area contributed by atoms with Crippen LogP contribution in [0.5, 0.6) is 0 Å². The number of hydrogen-bond acceptors (Lipinski definition) is 3. The molecule has 2 atom stereocenters. The van der Waals surface area contributed by atoms with E-state index < -0.39 is 0 Å². The topological polar surface area (TPSA) is 12.5 Å². The van der Waals surface area contributed by atoms with Gasteiger partial charge in [0.2, 0.25) is 0 Å². The number of likely N-dealkylation sites (N-methyl/N-ethyl adjacent to an activating group) is 1. The molecule has 1 aromatic heterocycles. The van der Waals surface area contributed by atoms with Crippen LogP contribution < -0.4 is 0 Å². The van der Waals surface area contributed by atoms with Crippen molar-refractivity contribution in [2.24, 2.45) is 0 Å². The number of rotatable bonds is 3. The van der Waals surface area contributed by atoms with Gasteiger partial charge in [-0.3, -0.25) is 0 Å². The summed E-state index contributed by atoms with van der Waals surface area (Å²) in [7, 11) is 4.20. The maximum Gasteiger partial charge on any atom is 0.0962 e. The van der Waals surface area contributed by atoms with E-state index in [4.69, 9.17) is 4.74 Å². The van der Waals surface area contributed by atoms with Crippen molar-refractivity contribution in [2.75, 3.05) is 27.2 Å². The molecule has 1 aliphatic rings. The van der Waals surface area contributed by atoms with Gasteiger partial charge in [0.25, 0.3) is 0 Å². The quantitative estimate of drug-likeness (QED) is 0.695. The average Bonchev–Trinajstić information content (AvgIpc) is 3.04. The van der Waals surface area contributed by atoms with Crippen molar-refractivity contribution in [3.63, 3.8) is 0 Å². The summed E-state index contributed by atoms with van der Waals surface area (Å²) in [6.07, 6.45) is 0.197. The van der Waals surface area contributed by atoms with Gasteiger partial charge in [-0.1, -0.05) is 42.5 Å². The second kappa shape index (κ2) is 6.08. The highest BCUT2D eigenvalue weighted by atomic mass is 32.1. The van der Waals surface area contributed by atoms with Crippen molar-refractivity contribution >= 4 is 22.1 Å². The molecule has 3 aromatic rings. The van der Waals surface area contributed by atoms with Crippen LogP contribution in [0.1, 0.15) is 28.0 Å². The Hall–Kier alpha value is -1.68. The summed E-state index contributed by atoms with van der Waals surface area (Å²) in [5.74, 6) is 0.355. The van der Waals surface area contributed by atoms with Crippen LogP contribution in [0.15, 0.2) is 53.9 Å². The van der Waals surface area contributed by atoms with Gasteiger partial charge < -0.3 is 9.64 Å². The van der Waals surface area contributed by atoms with Crippen molar-refractivity contribution < 1.29 is 4.74 Å². The Morgan fingerprint density at radius 3 is 2.74 bits per heavy atom. The lowest BCUT2D eigenvalue weighted by Gasteiger charge is -2.31. The molecular weight excluding hydrogens is 302 g/mol. The SMILES string of the molecule is CN(C)CC1OCC(c2ccc3ccccc3c2)c2sccc21. The van der Waals surface area contributed by atoms with Gasteiger partial charge in [0.05, 0.1) is 12.7 Å². The van der Waals surface area contributed by atoms with Crippen LogP contribution >= 0.6 is 11.3 Å². The second-order valence-corrected chi connectivity index (χ2v) is 7.43. The Morgan fingerprint density at radius 2 is 1.91 bits per heavy atom. The summed E-state index contributed by atoms with van der Waals surface area (Å²) in [6, 6.07) is 17.6. The number of fused-ring (bicyclic) bond motifs is 2. The molecular formula is C20H21NOS. The van der Waals surface area contributed by atoms with Gasteiger partial charge in [0, 0.05) is 17.3 Å². The van der Waals surface area contributed by atoms with Crippen LogP contribution in [-0.4, -0.2) is 32.1 Å². The Kier molecular flexibility index (Phi) is 3.93. The number of ether oxygens (including phenoxy) is 1. The van der Waals surface area contributed by atoms with Gasteiger partial charge in [-0.25, -0.2) is 0 Å². The molecule has 0 saturated heterocycles. The molecule has 0 spiro atoms. The molecule has 0 saturated carbocycles. The molecule has 2 aromatic carbocycles. The molecule has 2 unspecified atom stereocenters. The van der Waals surface area contributed by atoms with Crippen molar-refractivity contribution in [3.8, 4) is 0 Å². The van der Waals surface area contributed by atoms with Gasteiger partial charge in [0.1, 0.15) is 0 Å². The standard InChI is InChI=1S/C20H21NOS/c1-21(2)12-19-17-9-10-23-20(17)18(13-22-19)16-8-7-14-5-3-4-6-15(14)11-16/h3-11,18-19H,12-13H2,1-2H3. The minimum atomic E-state index is 0.197. The minimum absolute atomic E-state index is 0.197. The van der Waals surface area contributed by atoms with Crippen molar-refractivity contribution in [1.82, 2.24) is 4.90 Å². The normalized spacial score (nSPS) is 20.8. The highest BCUT2D eigenvalue weighted by Crippen LogP contribution is 2.41. The Balaban J connectivity index is 1.71. The molecule has 0 N–H and O–H groups in total. The lowest BCUT2D eigenvalue weighted by atomic mass is 9.90. The molecule has 3 heteroatoms. The smallest absolute Gasteiger partial charge is 0.0962 e. The number of thiophene rings is 1. The van der Waals surface area contributed by atoms with Crippen molar-refractivity contribution in [2.45, 2.75) is 12.0 Å². The first-order chi connectivity index (χ1) is 11.2. The lowest BCUT2D eigenvalue weighted by molar-refractivity contribution is 0.0192. The molecule has 0 amide bonds. The Morgan fingerprint density at radius 1 is 1.09 bits per heavy atom. The lowest BCUT2D eigenvalue weighted by Crippen LogP contribution is -2.28. The molecule has 0 bridgehead atoms. The van der Waals surface area contributed by atoms with E-state index in [1.807, 2.05) is 11.3 Å². The summed E-state index contributed by atoms with van der Waals surface area (Å²) in [4.78, 5) is 3.67. The fourth-order valence-electron chi connectivity index (χ4n) is 3.41. The third-order valence-corrected chi connectivity index (χ3v) is 5.61. The van der Waals surface area contributed by atoms with E-state index in [1.54, 1.807) is 0 Å². The van der Waals surface area contributed by atoms with Gasteiger partial charge >= 0.3 is 0 Å². The fourth-order valence-corrected chi connectivity index (χ4v) is 4.48. The molecule has 1 aliphatic heterocycles. The number of nitrogens with zero attached hydrogens (tertiary/aromatic N) is 1. The van der Waals surface area contributed by atoms with E-state index >= 15 is 0 Å². The van der Waals surface area contributed by atoms with Gasteiger partial charge in [0.15, 0.2) is 0 Å². The predicted octanol–water partition coefficient (Wildman–Crippen LogP) is 4.67. The summed E-state index contributed by atoms with van der Waals surface area (Å²) in [5, 5.41) is 4.80. The zero-order chi connectivity index (χ0) is 15.8. The van der Waals surface area contributed by atoms with Gasteiger partial charge in [-0.15, -0.1) is 11.3 Å². The Bertz CT molecular complexity index is 823. The van der Waals surface area contributed by atoms with Crippen LogP contribution in [-0.2, 0) is 4.74 Å². The van der Waals surface area contributed by atoms with Gasteiger partial charge in [-0.05, 0) is 47.4 Å². The Labute approximate surface area is 141 Å². The first kappa shape index (κ1) is 14.9. The monoisotopic (exact) mass is 323 g/mol. The maximum absolute atomic E-state index is 6.22. The fraction of sp³-hybridized carbons (Fsp3) is 0.300. The van der Waals surface area contributed by atoms with Crippen LogP contribution in [0.4, 0.5) is 0 Å². The van der Waals surface area contributed by atoms with Crippen LogP contribution in [0, 0.1) is 0 Å². The van der Waals surface area contributed by atoms with Crippen molar-refractivity contribution in [1.29, 1.82) is 0 Å². The minimum Gasteiger partial charge on any atom is -0.371 e. The third-order valence-electron chi connectivity index (χ3n) is 4.56. The highest BCUT2D eigenvalue weighted by Gasteiger charge is 2.30. The summed E-state index contributed by atoms with van der Waals surface area (Å²) < 4.78 is 6.22. The van der Waals surface area contributed by atoms with Crippen LogP contribution in [0.25, 0.3) is 10.8 Å². The first-order valence-corrected chi connectivity index (χ1v) is 8.92. The van der Waals surface area contributed by atoms with E-state index in [0.717, 1.165) is 13.2 Å². The highest BCUT2D eigenvalue weighted by molar-refractivity contribution is 7.10.